The molecular formula is C22H24BrN3O4. The van der Waals surface area contributed by atoms with Crippen LogP contribution in [0, 0.1) is 12.8 Å². The fraction of sp³-hybridized carbons (Fsp3) is 0.318. The third-order valence-electron chi connectivity index (χ3n) is 5.00. The van der Waals surface area contributed by atoms with E-state index in [4.69, 9.17) is 4.74 Å². The monoisotopic (exact) mass is 473 g/mol. The number of anilines is 2. The van der Waals surface area contributed by atoms with Gasteiger partial charge in [-0.05, 0) is 36.8 Å². The highest BCUT2D eigenvalue weighted by Crippen LogP contribution is 2.32. The molecule has 1 atom stereocenters. The SMILES string of the molecule is COc1ccccc1N1CC(C(=O)NCCC(=O)Nc2cc(Br)ccc2C)CC1=O. The Morgan fingerprint density at radius 3 is 2.77 bits per heavy atom. The zero-order chi connectivity index (χ0) is 21.7. The minimum Gasteiger partial charge on any atom is -0.495 e. The highest BCUT2D eigenvalue weighted by atomic mass is 79.9. The fourth-order valence-corrected chi connectivity index (χ4v) is 3.72. The van der Waals surface area contributed by atoms with Gasteiger partial charge in [-0.25, -0.2) is 0 Å². The van der Waals surface area contributed by atoms with E-state index >= 15 is 0 Å². The molecule has 1 saturated heterocycles. The normalized spacial score (nSPS) is 15.8. The molecule has 0 aliphatic carbocycles. The number of methoxy groups -OCH3 is 1. The molecule has 1 fully saturated rings. The van der Waals surface area contributed by atoms with Gasteiger partial charge in [0.25, 0.3) is 0 Å². The zero-order valence-corrected chi connectivity index (χ0v) is 18.5. The van der Waals surface area contributed by atoms with Crippen LogP contribution in [0.15, 0.2) is 46.9 Å². The van der Waals surface area contributed by atoms with Crippen molar-refractivity contribution in [3.8, 4) is 5.75 Å². The minimum absolute atomic E-state index is 0.123. The summed E-state index contributed by atoms with van der Waals surface area (Å²) < 4.78 is 6.19. The maximum absolute atomic E-state index is 12.5. The number of aryl methyl sites for hydroxylation is 1. The van der Waals surface area contributed by atoms with Crippen LogP contribution in [-0.2, 0) is 14.4 Å². The van der Waals surface area contributed by atoms with Crippen LogP contribution in [0.1, 0.15) is 18.4 Å². The van der Waals surface area contributed by atoms with Crippen LogP contribution < -0.4 is 20.3 Å². The first-order valence-corrected chi connectivity index (χ1v) is 10.5. The van der Waals surface area contributed by atoms with Crippen molar-refractivity contribution in [3.63, 3.8) is 0 Å². The van der Waals surface area contributed by atoms with Gasteiger partial charge in [-0.1, -0.05) is 34.1 Å². The van der Waals surface area contributed by atoms with E-state index in [2.05, 4.69) is 26.6 Å². The largest absolute Gasteiger partial charge is 0.495 e. The van der Waals surface area contributed by atoms with Crippen molar-refractivity contribution in [2.75, 3.05) is 30.4 Å². The van der Waals surface area contributed by atoms with E-state index in [1.165, 1.54) is 0 Å². The molecule has 1 aliphatic rings. The molecule has 2 aromatic carbocycles. The number of carbonyl (C=O) groups is 3. The van der Waals surface area contributed by atoms with E-state index in [1.807, 2.05) is 37.3 Å². The molecule has 3 amide bonds. The van der Waals surface area contributed by atoms with Gasteiger partial charge in [0.05, 0.1) is 18.7 Å². The molecule has 0 spiro atoms. The van der Waals surface area contributed by atoms with Gasteiger partial charge in [0.2, 0.25) is 17.7 Å². The Bertz CT molecular complexity index is 963. The number of hydrogen-bond donors (Lipinski definition) is 2. The second-order valence-corrected chi connectivity index (χ2v) is 8.04. The topological polar surface area (TPSA) is 87.7 Å². The quantitative estimate of drug-likeness (QED) is 0.645. The van der Waals surface area contributed by atoms with Crippen molar-refractivity contribution >= 4 is 45.0 Å². The van der Waals surface area contributed by atoms with Crippen molar-refractivity contribution in [1.29, 1.82) is 0 Å². The Hall–Kier alpha value is -2.87. The standard InChI is InChI=1S/C22H24BrN3O4/c1-14-7-8-16(23)12-17(14)25-20(27)9-10-24-22(29)15-11-21(28)26(13-15)18-5-3-4-6-19(18)30-2/h3-8,12,15H,9-11,13H2,1-2H3,(H,24,29)(H,25,27). The van der Waals surface area contributed by atoms with Crippen LogP contribution in [0.5, 0.6) is 5.75 Å². The van der Waals surface area contributed by atoms with Gasteiger partial charge in [0.1, 0.15) is 5.75 Å². The van der Waals surface area contributed by atoms with Crippen molar-refractivity contribution in [2.45, 2.75) is 19.8 Å². The average Bonchev–Trinajstić information content (AvgIpc) is 3.12. The molecule has 2 N–H and O–H groups in total. The number of ether oxygens (including phenoxy) is 1. The molecule has 3 rings (SSSR count). The third kappa shape index (κ3) is 5.18. The number of hydrogen-bond acceptors (Lipinski definition) is 4. The van der Waals surface area contributed by atoms with Gasteiger partial charge >= 0.3 is 0 Å². The first kappa shape index (κ1) is 21.8. The molecule has 7 nitrogen and oxygen atoms in total. The number of rotatable bonds is 7. The molecule has 30 heavy (non-hydrogen) atoms. The lowest BCUT2D eigenvalue weighted by molar-refractivity contribution is -0.126. The van der Waals surface area contributed by atoms with E-state index < -0.39 is 5.92 Å². The maximum atomic E-state index is 12.5. The van der Waals surface area contributed by atoms with E-state index in [0.717, 1.165) is 15.7 Å². The van der Waals surface area contributed by atoms with Crippen molar-refractivity contribution in [1.82, 2.24) is 5.32 Å². The lowest BCUT2D eigenvalue weighted by atomic mass is 10.1. The van der Waals surface area contributed by atoms with E-state index in [0.29, 0.717) is 11.4 Å². The van der Waals surface area contributed by atoms with Gasteiger partial charge in [0, 0.05) is 36.1 Å². The van der Waals surface area contributed by atoms with Gasteiger partial charge in [-0.15, -0.1) is 0 Å². The lowest BCUT2D eigenvalue weighted by Crippen LogP contribution is -2.34. The number of benzene rings is 2. The molecule has 0 saturated carbocycles. The van der Waals surface area contributed by atoms with E-state index in [-0.39, 0.29) is 43.7 Å². The van der Waals surface area contributed by atoms with Crippen molar-refractivity contribution in [3.05, 3.63) is 52.5 Å². The predicted octanol–water partition coefficient (Wildman–Crippen LogP) is 3.26. The molecule has 8 heteroatoms. The molecule has 0 radical (unpaired) electrons. The summed E-state index contributed by atoms with van der Waals surface area (Å²) in [4.78, 5) is 38.7. The smallest absolute Gasteiger partial charge is 0.227 e. The molecule has 1 unspecified atom stereocenters. The Kier molecular flexibility index (Phi) is 7.10. The number of nitrogens with zero attached hydrogens (tertiary/aromatic N) is 1. The van der Waals surface area contributed by atoms with Crippen LogP contribution in [0.25, 0.3) is 0 Å². The van der Waals surface area contributed by atoms with Crippen molar-refractivity contribution < 1.29 is 19.1 Å². The Balaban J connectivity index is 1.50. The van der Waals surface area contributed by atoms with E-state index in [1.54, 1.807) is 24.1 Å². The van der Waals surface area contributed by atoms with Crippen LogP contribution >= 0.6 is 15.9 Å². The second-order valence-electron chi connectivity index (χ2n) is 7.13. The summed E-state index contributed by atoms with van der Waals surface area (Å²) in [7, 11) is 1.55. The first-order chi connectivity index (χ1) is 14.4. The molecule has 2 aromatic rings. The van der Waals surface area contributed by atoms with Gasteiger partial charge < -0.3 is 20.3 Å². The highest BCUT2D eigenvalue weighted by molar-refractivity contribution is 9.10. The summed E-state index contributed by atoms with van der Waals surface area (Å²) in [5, 5.41) is 5.62. The molecular weight excluding hydrogens is 450 g/mol. The highest BCUT2D eigenvalue weighted by Gasteiger charge is 2.36. The minimum atomic E-state index is -0.460. The fourth-order valence-electron chi connectivity index (χ4n) is 3.35. The Labute approximate surface area is 183 Å². The van der Waals surface area contributed by atoms with Gasteiger partial charge in [-0.3, -0.25) is 14.4 Å². The summed E-state index contributed by atoms with van der Waals surface area (Å²) >= 11 is 3.38. The summed E-state index contributed by atoms with van der Waals surface area (Å²) in [6.45, 7) is 2.40. The van der Waals surface area contributed by atoms with Crippen LogP contribution in [0.4, 0.5) is 11.4 Å². The second kappa shape index (κ2) is 9.75. The number of amides is 3. The number of para-hydroxylation sites is 2. The first-order valence-electron chi connectivity index (χ1n) is 9.66. The number of carbonyl (C=O) groups excluding carboxylic acids is 3. The third-order valence-corrected chi connectivity index (χ3v) is 5.49. The van der Waals surface area contributed by atoms with Gasteiger partial charge in [-0.2, -0.15) is 0 Å². The molecule has 1 aliphatic heterocycles. The molecule has 158 valence electrons. The summed E-state index contributed by atoms with van der Waals surface area (Å²) in [6.07, 6.45) is 0.280. The summed E-state index contributed by atoms with van der Waals surface area (Å²) in [6, 6.07) is 12.9. The lowest BCUT2D eigenvalue weighted by Gasteiger charge is -2.19. The zero-order valence-electron chi connectivity index (χ0n) is 16.9. The summed E-state index contributed by atoms with van der Waals surface area (Å²) in [5.41, 5.74) is 2.34. The molecule has 0 aromatic heterocycles. The predicted molar refractivity (Wildman–Crippen MR) is 119 cm³/mol. The van der Waals surface area contributed by atoms with Crippen LogP contribution in [-0.4, -0.2) is 37.9 Å². The van der Waals surface area contributed by atoms with Crippen LogP contribution in [0.2, 0.25) is 0 Å². The maximum Gasteiger partial charge on any atom is 0.227 e. The van der Waals surface area contributed by atoms with Gasteiger partial charge in [0.15, 0.2) is 0 Å². The van der Waals surface area contributed by atoms with Crippen molar-refractivity contribution in [2.24, 2.45) is 5.92 Å². The number of halogens is 1. The number of nitrogens with one attached hydrogen (secondary N) is 2. The Morgan fingerprint density at radius 1 is 1.23 bits per heavy atom. The Morgan fingerprint density at radius 2 is 2.00 bits per heavy atom. The molecule has 1 heterocycles. The van der Waals surface area contributed by atoms with E-state index in [9.17, 15) is 14.4 Å². The average molecular weight is 474 g/mol. The molecule has 0 bridgehead atoms. The van der Waals surface area contributed by atoms with Crippen LogP contribution in [0.3, 0.4) is 0 Å². The summed E-state index contributed by atoms with van der Waals surface area (Å²) in [5.74, 6) is -0.409.